The zero-order chi connectivity index (χ0) is 15.0. The van der Waals surface area contributed by atoms with Gasteiger partial charge in [-0.15, -0.1) is 0 Å². The second kappa shape index (κ2) is 7.96. The Morgan fingerprint density at radius 2 is 2.05 bits per heavy atom. The first kappa shape index (κ1) is 16.6. The summed E-state index contributed by atoms with van der Waals surface area (Å²) < 4.78 is 26.0. The lowest BCUT2D eigenvalue weighted by molar-refractivity contribution is -0.139. The first-order chi connectivity index (χ1) is 9.44. The third kappa shape index (κ3) is 6.12. The Bertz CT molecular complexity index is 516. The first-order valence-electron chi connectivity index (χ1n) is 6.56. The van der Waals surface area contributed by atoms with Crippen LogP contribution >= 0.6 is 0 Å². The molecule has 0 spiro atoms. The quantitative estimate of drug-likeness (QED) is 0.714. The number of unbranched alkanes of at least 4 members (excludes halogenated alkanes) is 1. The Morgan fingerprint density at radius 3 is 2.60 bits per heavy atom. The van der Waals surface area contributed by atoms with Crippen LogP contribution in [-0.2, 0) is 21.2 Å². The number of aliphatic carboxylic acids is 1. The van der Waals surface area contributed by atoms with E-state index in [-0.39, 0.29) is 5.75 Å². The van der Waals surface area contributed by atoms with E-state index in [9.17, 15) is 13.2 Å². The highest BCUT2D eigenvalue weighted by atomic mass is 32.2. The lowest BCUT2D eigenvalue weighted by atomic mass is 10.1. The van der Waals surface area contributed by atoms with Gasteiger partial charge in [-0.05, 0) is 30.5 Å². The number of nitrogens with zero attached hydrogens (tertiary/aromatic N) is 1. The Labute approximate surface area is 119 Å². The summed E-state index contributed by atoms with van der Waals surface area (Å²) in [4.78, 5) is 14.9. The number of nitrogens with one attached hydrogen (secondary N) is 1. The van der Waals surface area contributed by atoms with Crippen LogP contribution in [0.4, 0.5) is 0 Å². The molecule has 1 aromatic rings. The van der Waals surface area contributed by atoms with Gasteiger partial charge in [0.1, 0.15) is 6.04 Å². The molecule has 0 bridgehead atoms. The van der Waals surface area contributed by atoms with Crippen molar-refractivity contribution in [1.29, 1.82) is 0 Å². The molecule has 1 unspecified atom stereocenters. The molecule has 1 heterocycles. The van der Waals surface area contributed by atoms with Crippen molar-refractivity contribution in [3.8, 4) is 0 Å². The van der Waals surface area contributed by atoms with Crippen LogP contribution in [0.5, 0.6) is 0 Å². The van der Waals surface area contributed by atoms with E-state index >= 15 is 0 Å². The minimum Gasteiger partial charge on any atom is -0.480 e. The molecule has 6 nitrogen and oxygen atoms in total. The second-order valence-corrected chi connectivity index (χ2v) is 6.45. The molecule has 0 aliphatic heterocycles. The summed E-state index contributed by atoms with van der Waals surface area (Å²) in [5.41, 5.74) is 0.853. The maximum atomic E-state index is 11.9. The highest BCUT2D eigenvalue weighted by molar-refractivity contribution is 7.89. The summed E-state index contributed by atoms with van der Waals surface area (Å²) in [6.07, 6.45) is 5.32. The summed E-state index contributed by atoms with van der Waals surface area (Å²) in [5, 5.41) is 9.01. The molecule has 0 aromatic carbocycles. The third-order valence-electron chi connectivity index (χ3n) is 2.88. The van der Waals surface area contributed by atoms with Crippen LogP contribution in [0.2, 0.25) is 0 Å². The van der Waals surface area contributed by atoms with E-state index in [0.717, 1.165) is 12.0 Å². The maximum Gasteiger partial charge on any atom is 0.321 e. The van der Waals surface area contributed by atoms with Gasteiger partial charge in [0.15, 0.2) is 0 Å². The van der Waals surface area contributed by atoms with Gasteiger partial charge in [0, 0.05) is 12.4 Å². The highest BCUT2D eigenvalue weighted by Gasteiger charge is 2.23. The molecular formula is C13H20N2O4S. The fourth-order valence-electron chi connectivity index (χ4n) is 1.72. The van der Waals surface area contributed by atoms with Crippen LogP contribution in [-0.4, -0.2) is 36.3 Å². The topological polar surface area (TPSA) is 96.4 Å². The fraction of sp³-hybridized carbons (Fsp3) is 0.538. The number of aryl methyl sites for hydroxylation is 1. The highest BCUT2D eigenvalue weighted by Crippen LogP contribution is 2.05. The summed E-state index contributed by atoms with van der Waals surface area (Å²) in [5.74, 6) is -1.27. The van der Waals surface area contributed by atoms with Crippen molar-refractivity contribution < 1.29 is 18.3 Å². The normalized spacial score (nSPS) is 13.1. The lowest BCUT2D eigenvalue weighted by Crippen LogP contribution is -2.42. The number of rotatable bonds is 9. The largest absolute Gasteiger partial charge is 0.480 e. The molecule has 0 amide bonds. The zero-order valence-electron chi connectivity index (χ0n) is 11.4. The fourth-order valence-corrected chi connectivity index (χ4v) is 2.99. The maximum absolute atomic E-state index is 11.9. The summed E-state index contributed by atoms with van der Waals surface area (Å²) >= 11 is 0. The number of hydrogen-bond donors (Lipinski definition) is 2. The number of carboxylic acid groups (broad SMARTS) is 1. The Balaban J connectivity index is 2.56. The van der Waals surface area contributed by atoms with Crippen molar-refractivity contribution >= 4 is 16.0 Å². The van der Waals surface area contributed by atoms with Gasteiger partial charge >= 0.3 is 5.97 Å². The van der Waals surface area contributed by atoms with Gasteiger partial charge in [0.25, 0.3) is 0 Å². The first-order valence-corrected chi connectivity index (χ1v) is 8.21. The van der Waals surface area contributed by atoms with Gasteiger partial charge in [-0.25, -0.2) is 13.1 Å². The average Bonchev–Trinajstić information content (AvgIpc) is 2.42. The van der Waals surface area contributed by atoms with Crippen LogP contribution < -0.4 is 4.72 Å². The van der Waals surface area contributed by atoms with Crippen molar-refractivity contribution in [2.24, 2.45) is 0 Å². The molecule has 1 atom stereocenters. The van der Waals surface area contributed by atoms with Crippen molar-refractivity contribution in [2.75, 3.05) is 5.75 Å². The van der Waals surface area contributed by atoms with Crippen molar-refractivity contribution in [2.45, 2.75) is 38.6 Å². The van der Waals surface area contributed by atoms with E-state index in [0.29, 0.717) is 19.3 Å². The second-order valence-electron chi connectivity index (χ2n) is 4.58. The molecule has 20 heavy (non-hydrogen) atoms. The van der Waals surface area contributed by atoms with E-state index in [1.807, 2.05) is 6.92 Å². The molecule has 1 aromatic heterocycles. The predicted octanol–water partition coefficient (Wildman–Crippen LogP) is 1.19. The number of carboxylic acids is 1. The van der Waals surface area contributed by atoms with Gasteiger partial charge in [0.2, 0.25) is 10.0 Å². The number of hydrogen-bond acceptors (Lipinski definition) is 4. The predicted molar refractivity (Wildman–Crippen MR) is 75.8 cm³/mol. The van der Waals surface area contributed by atoms with E-state index in [1.165, 1.54) is 0 Å². The van der Waals surface area contributed by atoms with E-state index < -0.39 is 22.0 Å². The van der Waals surface area contributed by atoms with Crippen LogP contribution in [0.15, 0.2) is 24.5 Å². The molecule has 112 valence electrons. The molecule has 0 fully saturated rings. The average molecular weight is 300 g/mol. The van der Waals surface area contributed by atoms with E-state index in [1.54, 1.807) is 24.5 Å². The molecule has 1 rings (SSSR count). The summed E-state index contributed by atoms with van der Waals surface area (Å²) in [6, 6.07) is 2.43. The molecule has 0 saturated carbocycles. The Morgan fingerprint density at radius 1 is 1.40 bits per heavy atom. The third-order valence-corrected chi connectivity index (χ3v) is 4.26. The zero-order valence-corrected chi connectivity index (χ0v) is 12.3. The smallest absolute Gasteiger partial charge is 0.321 e. The van der Waals surface area contributed by atoms with Gasteiger partial charge < -0.3 is 5.11 Å². The van der Waals surface area contributed by atoms with Crippen molar-refractivity contribution in [3.63, 3.8) is 0 Å². The Kier molecular flexibility index (Phi) is 6.60. The number of carbonyl (C=O) groups is 1. The van der Waals surface area contributed by atoms with Crippen molar-refractivity contribution in [1.82, 2.24) is 9.71 Å². The molecule has 7 heteroatoms. The summed E-state index contributed by atoms with van der Waals surface area (Å²) in [7, 11) is -3.61. The Hall–Kier alpha value is -1.47. The molecular weight excluding hydrogens is 280 g/mol. The van der Waals surface area contributed by atoms with Gasteiger partial charge in [0.05, 0.1) is 5.75 Å². The minimum atomic E-state index is -3.61. The minimum absolute atomic E-state index is 0.132. The monoisotopic (exact) mass is 300 g/mol. The van der Waals surface area contributed by atoms with Gasteiger partial charge in [-0.2, -0.15) is 0 Å². The molecule has 0 radical (unpaired) electrons. The lowest BCUT2D eigenvalue weighted by Gasteiger charge is -2.14. The van der Waals surface area contributed by atoms with Crippen LogP contribution in [0.25, 0.3) is 0 Å². The number of sulfonamides is 1. The molecule has 0 aliphatic carbocycles. The number of pyridine rings is 1. The van der Waals surface area contributed by atoms with Crippen LogP contribution in [0, 0.1) is 0 Å². The molecule has 2 N–H and O–H groups in total. The SMILES string of the molecule is CCCCC(NS(=O)(=O)CCc1ccncc1)C(=O)O. The molecule has 0 saturated heterocycles. The van der Waals surface area contributed by atoms with E-state index in [4.69, 9.17) is 5.11 Å². The van der Waals surface area contributed by atoms with Gasteiger partial charge in [-0.3, -0.25) is 9.78 Å². The van der Waals surface area contributed by atoms with Crippen LogP contribution in [0.1, 0.15) is 31.7 Å². The standard InChI is InChI=1S/C13H20N2O4S/c1-2-3-4-12(13(16)17)15-20(18,19)10-7-11-5-8-14-9-6-11/h5-6,8-9,12,15H,2-4,7,10H2,1H3,(H,16,17). The number of aromatic nitrogens is 1. The van der Waals surface area contributed by atoms with Crippen LogP contribution in [0.3, 0.4) is 0 Å². The molecule has 0 aliphatic rings. The van der Waals surface area contributed by atoms with E-state index in [2.05, 4.69) is 9.71 Å². The summed E-state index contributed by atoms with van der Waals surface area (Å²) in [6.45, 7) is 1.93. The van der Waals surface area contributed by atoms with Crippen molar-refractivity contribution in [3.05, 3.63) is 30.1 Å². The van der Waals surface area contributed by atoms with Gasteiger partial charge in [-0.1, -0.05) is 19.8 Å².